The molecule has 1 heterocycles. The molecular formula is C10H15FN4. The van der Waals surface area contributed by atoms with Crippen LogP contribution in [0.15, 0.2) is 6.20 Å². The summed E-state index contributed by atoms with van der Waals surface area (Å²) in [4.78, 5) is 7.84. The van der Waals surface area contributed by atoms with E-state index in [9.17, 15) is 4.39 Å². The fourth-order valence-corrected chi connectivity index (χ4v) is 1.69. The predicted molar refractivity (Wildman–Crippen MR) is 57.4 cm³/mol. The Morgan fingerprint density at radius 2 is 2.20 bits per heavy atom. The predicted octanol–water partition coefficient (Wildman–Crippen LogP) is 2.01. The molecule has 0 atom stereocenters. The lowest BCUT2D eigenvalue weighted by Gasteiger charge is -2.39. The van der Waals surface area contributed by atoms with Gasteiger partial charge in [0, 0.05) is 12.6 Å². The third kappa shape index (κ3) is 2.00. The average molecular weight is 210 g/mol. The zero-order valence-corrected chi connectivity index (χ0v) is 8.97. The molecule has 1 saturated carbocycles. The fraction of sp³-hybridized carbons (Fsp3) is 0.600. The van der Waals surface area contributed by atoms with Crippen LogP contribution in [0.25, 0.3) is 0 Å². The van der Waals surface area contributed by atoms with Crippen molar-refractivity contribution in [1.29, 1.82) is 0 Å². The van der Waals surface area contributed by atoms with Crippen molar-refractivity contribution in [2.24, 2.45) is 0 Å². The molecule has 15 heavy (non-hydrogen) atoms. The maximum Gasteiger partial charge on any atom is 0.224 e. The van der Waals surface area contributed by atoms with Gasteiger partial charge < -0.3 is 10.6 Å². The molecule has 1 aliphatic rings. The number of anilines is 2. The van der Waals surface area contributed by atoms with Gasteiger partial charge in [-0.1, -0.05) is 0 Å². The van der Waals surface area contributed by atoms with Crippen LogP contribution in [0.2, 0.25) is 0 Å². The molecule has 0 radical (unpaired) electrons. The summed E-state index contributed by atoms with van der Waals surface area (Å²) >= 11 is 0. The Bertz CT molecular complexity index is 362. The molecule has 2 rings (SSSR count). The van der Waals surface area contributed by atoms with E-state index in [-0.39, 0.29) is 11.4 Å². The Hall–Kier alpha value is -1.39. The summed E-state index contributed by atoms with van der Waals surface area (Å²) in [7, 11) is 1.71. The zero-order chi connectivity index (χ0) is 10.9. The molecule has 1 aliphatic carbocycles. The highest BCUT2D eigenvalue weighted by Crippen LogP contribution is 2.34. The summed E-state index contributed by atoms with van der Waals surface area (Å²) in [6.07, 6.45) is 4.49. The smallest absolute Gasteiger partial charge is 0.224 e. The molecule has 82 valence electrons. The van der Waals surface area contributed by atoms with Crippen molar-refractivity contribution < 1.29 is 4.39 Å². The van der Waals surface area contributed by atoms with Crippen LogP contribution in [0.1, 0.15) is 26.2 Å². The Labute approximate surface area is 88.3 Å². The molecule has 0 saturated heterocycles. The molecular weight excluding hydrogens is 195 g/mol. The van der Waals surface area contributed by atoms with Gasteiger partial charge in [-0.2, -0.15) is 4.98 Å². The van der Waals surface area contributed by atoms with Gasteiger partial charge in [-0.15, -0.1) is 0 Å². The van der Waals surface area contributed by atoms with Gasteiger partial charge >= 0.3 is 0 Å². The first-order chi connectivity index (χ1) is 7.13. The van der Waals surface area contributed by atoms with E-state index in [0.29, 0.717) is 5.95 Å². The Morgan fingerprint density at radius 3 is 2.73 bits per heavy atom. The van der Waals surface area contributed by atoms with Crippen LogP contribution in [0.5, 0.6) is 0 Å². The van der Waals surface area contributed by atoms with Crippen molar-refractivity contribution >= 4 is 11.8 Å². The van der Waals surface area contributed by atoms with Crippen LogP contribution in [-0.4, -0.2) is 22.6 Å². The van der Waals surface area contributed by atoms with Crippen molar-refractivity contribution in [3.05, 3.63) is 12.0 Å². The molecule has 5 heteroatoms. The summed E-state index contributed by atoms with van der Waals surface area (Å²) in [5, 5.41) is 5.92. The molecule has 1 aromatic rings. The first-order valence-electron chi connectivity index (χ1n) is 5.11. The van der Waals surface area contributed by atoms with Crippen molar-refractivity contribution in [3.8, 4) is 0 Å². The third-order valence-corrected chi connectivity index (χ3v) is 2.84. The highest BCUT2D eigenvalue weighted by atomic mass is 19.1. The van der Waals surface area contributed by atoms with Crippen molar-refractivity contribution in [3.63, 3.8) is 0 Å². The van der Waals surface area contributed by atoms with E-state index in [1.165, 1.54) is 12.6 Å². The van der Waals surface area contributed by atoms with Gasteiger partial charge in [0.25, 0.3) is 0 Å². The summed E-state index contributed by atoms with van der Waals surface area (Å²) < 4.78 is 13.4. The SMILES string of the molecule is CNc1ncc(F)c(NC2(C)CCC2)n1. The number of hydrogen-bond donors (Lipinski definition) is 2. The van der Waals surface area contributed by atoms with Gasteiger partial charge in [0.15, 0.2) is 11.6 Å². The second-order valence-corrected chi connectivity index (χ2v) is 4.18. The number of halogens is 1. The van der Waals surface area contributed by atoms with Gasteiger partial charge in [0.2, 0.25) is 5.95 Å². The number of nitrogens with zero attached hydrogens (tertiary/aromatic N) is 2. The number of hydrogen-bond acceptors (Lipinski definition) is 4. The lowest BCUT2D eigenvalue weighted by molar-refractivity contribution is 0.304. The topological polar surface area (TPSA) is 49.8 Å². The van der Waals surface area contributed by atoms with E-state index < -0.39 is 5.82 Å². The van der Waals surface area contributed by atoms with E-state index in [4.69, 9.17) is 0 Å². The molecule has 0 aromatic carbocycles. The molecule has 0 unspecified atom stereocenters. The van der Waals surface area contributed by atoms with Gasteiger partial charge in [0.1, 0.15) is 0 Å². The van der Waals surface area contributed by atoms with Crippen molar-refractivity contribution in [1.82, 2.24) is 9.97 Å². The van der Waals surface area contributed by atoms with E-state index >= 15 is 0 Å². The lowest BCUT2D eigenvalue weighted by Crippen LogP contribution is -2.42. The maximum atomic E-state index is 13.4. The number of aromatic nitrogens is 2. The second kappa shape index (κ2) is 3.64. The molecule has 4 nitrogen and oxygen atoms in total. The van der Waals surface area contributed by atoms with E-state index in [1.807, 2.05) is 0 Å². The van der Waals surface area contributed by atoms with Gasteiger partial charge in [-0.05, 0) is 26.2 Å². The van der Waals surface area contributed by atoms with Crippen LogP contribution in [-0.2, 0) is 0 Å². The highest BCUT2D eigenvalue weighted by molar-refractivity contribution is 5.43. The monoisotopic (exact) mass is 210 g/mol. The summed E-state index contributed by atoms with van der Waals surface area (Å²) in [6, 6.07) is 0. The quantitative estimate of drug-likeness (QED) is 0.801. The molecule has 0 aliphatic heterocycles. The highest BCUT2D eigenvalue weighted by Gasteiger charge is 2.32. The molecule has 0 amide bonds. The Balaban J connectivity index is 2.19. The van der Waals surface area contributed by atoms with Crippen LogP contribution >= 0.6 is 0 Å². The number of nitrogens with one attached hydrogen (secondary N) is 2. The third-order valence-electron chi connectivity index (χ3n) is 2.84. The van der Waals surface area contributed by atoms with Crippen LogP contribution < -0.4 is 10.6 Å². The average Bonchev–Trinajstić information content (AvgIpc) is 2.19. The van der Waals surface area contributed by atoms with Gasteiger partial charge in [-0.3, -0.25) is 0 Å². The van der Waals surface area contributed by atoms with Crippen LogP contribution in [0.4, 0.5) is 16.2 Å². The molecule has 2 N–H and O–H groups in total. The maximum absolute atomic E-state index is 13.4. The van der Waals surface area contributed by atoms with Crippen LogP contribution in [0.3, 0.4) is 0 Å². The Kier molecular flexibility index (Phi) is 2.46. The fourth-order valence-electron chi connectivity index (χ4n) is 1.69. The van der Waals surface area contributed by atoms with Gasteiger partial charge in [0.05, 0.1) is 6.20 Å². The lowest BCUT2D eigenvalue weighted by atomic mass is 9.78. The Morgan fingerprint density at radius 1 is 1.47 bits per heavy atom. The first kappa shape index (κ1) is 10.1. The van der Waals surface area contributed by atoms with Crippen molar-refractivity contribution in [2.75, 3.05) is 17.7 Å². The van der Waals surface area contributed by atoms with E-state index in [1.54, 1.807) is 7.05 Å². The minimum atomic E-state index is -0.401. The normalized spacial score (nSPS) is 18.1. The first-order valence-corrected chi connectivity index (χ1v) is 5.11. The molecule has 0 bridgehead atoms. The second-order valence-electron chi connectivity index (χ2n) is 4.18. The van der Waals surface area contributed by atoms with E-state index in [0.717, 1.165) is 12.8 Å². The summed E-state index contributed by atoms with van der Waals surface area (Å²) in [5.74, 6) is 0.320. The minimum Gasteiger partial charge on any atom is -0.362 e. The zero-order valence-electron chi connectivity index (χ0n) is 8.97. The molecule has 1 aromatic heterocycles. The summed E-state index contributed by atoms with van der Waals surface area (Å²) in [6.45, 7) is 2.08. The standard InChI is InChI=1S/C10H15FN4/c1-10(4-3-5-10)15-8-7(11)6-13-9(12-2)14-8/h6H,3-5H2,1-2H3,(H2,12,13,14,15). The summed E-state index contributed by atoms with van der Waals surface area (Å²) in [5.41, 5.74) is 0.000203. The van der Waals surface area contributed by atoms with Gasteiger partial charge in [-0.25, -0.2) is 9.37 Å². The largest absolute Gasteiger partial charge is 0.362 e. The molecule has 1 fully saturated rings. The number of rotatable bonds is 3. The van der Waals surface area contributed by atoms with E-state index in [2.05, 4.69) is 27.5 Å². The van der Waals surface area contributed by atoms with Crippen LogP contribution in [0, 0.1) is 5.82 Å². The minimum absolute atomic E-state index is 0.000203. The molecule has 0 spiro atoms. The van der Waals surface area contributed by atoms with Crippen molar-refractivity contribution in [2.45, 2.75) is 31.7 Å².